The molecule has 0 bridgehead atoms. The van der Waals surface area contributed by atoms with Gasteiger partial charge in [-0.2, -0.15) is 0 Å². The van der Waals surface area contributed by atoms with Crippen LogP contribution in [0.3, 0.4) is 0 Å². The van der Waals surface area contributed by atoms with Gasteiger partial charge in [-0.25, -0.2) is 0 Å². The molecule has 0 amide bonds. The molecule has 0 spiro atoms. The summed E-state index contributed by atoms with van der Waals surface area (Å²) in [4.78, 5) is 25.5. The topological polar surface area (TPSA) is 54.4 Å². The van der Waals surface area contributed by atoms with Crippen LogP contribution < -0.4 is 0 Å². The highest BCUT2D eigenvalue weighted by Crippen LogP contribution is 2.55. The van der Waals surface area contributed by atoms with Crippen LogP contribution in [0.15, 0.2) is 53.1 Å². The molecule has 0 radical (unpaired) electrons. The van der Waals surface area contributed by atoms with Crippen LogP contribution in [-0.4, -0.2) is 21.0 Å². The summed E-state index contributed by atoms with van der Waals surface area (Å²) < 4.78 is -0.904. The first kappa shape index (κ1) is 17.6. The molecule has 3 nitrogen and oxygen atoms in total. The molecule has 0 aliphatic heterocycles. The molecule has 0 heterocycles. The molecule has 2 aliphatic rings. The largest absolute Gasteiger partial charge is 0.508 e. The number of Topliss-reactive ketones (excluding diaryl/α,β-unsaturated/α-hetero) is 1. The molecule has 0 unspecified atom stereocenters. The van der Waals surface area contributed by atoms with E-state index in [1.807, 2.05) is 6.08 Å². The van der Waals surface area contributed by atoms with E-state index < -0.39 is 16.2 Å². The van der Waals surface area contributed by atoms with Crippen LogP contribution in [0.2, 0.25) is 5.02 Å². The Hall–Kier alpha value is -1.17. The molecule has 2 aliphatic carbocycles. The second-order valence-corrected chi connectivity index (χ2v) is 8.42. The number of phenols is 1. The van der Waals surface area contributed by atoms with E-state index in [-0.39, 0.29) is 21.8 Å². The van der Waals surface area contributed by atoms with Crippen molar-refractivity contribution in [1.29, 1.82) is 0 Å². The summed E-state index contributed by atoms with van der Waals surface area (Å²) in [5.41, 5.74) is 1.26. The van der Waals surface area contributed by atoms with Crippen molar-refractivity contribution in [3.05, 3.63) is 63.6 Å². The monoisotopic (exact) mass is 470 g/mol. The van der Waals surface area contributed by atoms with Crippen molar-refractivity contribution in [2.24, 2.45) is 5.92 Å². The van der Waals surface area contributed by atoms with Gasteiger partial charge in [-0.3, -0.25) is 9.59 Å². The van der Waals surface area contributed by atoms with E-state index >= 15 is 0 Å². The summed E-state index contributed by atoms with van der Waals surface area (Å²) >= 11 is 12.8. The molecular formula is C18H13Br2ClO3. The van der Waals surface area contributed by atoms with Crippen molar-refractivity contribution in [3.63, 3.8) is 0 Å². The first-order valence-corrected chi connectivity index (χ1v) is 9.22. The molecule has 0 aromatic heterocycles. The molecule has 24 heavy (non-hydrogen) atoms. The third-order valence-electron chi connectivity index (χ3n) is 4.57. The van der Waals surface area contributed by atoms with Gasteiger partial charge < -0.3 is 5.11 Å². The second-order valence-electron chi connectivity index (χ2n) is 5.82. The molecule has 0 saturated carbocycles. The number of hydrogen-bond acceptors (Lipinski definition) is 3. The molecule has 3 rings (SSSR count). The van der Waals surface area contributed by atoms with Crippen molar-refractivity contribution in [2.45, 2.75) is 16.7 Å². The van der Waals surface area contributed by atoms with Crippen molar-refractivity contribution < 1.29 is 14.7 Å². The lowest BCUT2D eigenvalue weighted by Crippen LogP contribution is -2.52. The van der Waals surface area contributed by atoms with E-state index in [1.165, 1.54) is 12.1 Å². The van der Waals surface area contributed by atoms with Gasteiger partial charge in [0.05, 0.1) is 10.4 Å². The van der Waals surface area contributed by atoms with Crippen LogP contribution in [0, 0.1) is 5.92 Å². The SMILES string of the molecule is C=CC1=CC[C@H]2C(=O)C(Br)=CC(=O)[C@@]2(Br)[C@H]1c1cc(Cl)ccc1O. The highest BCUT2D eigenvalue weighted by atomic mass is 79.9. The van der Waals surface area contributed by atoms with Crippen molar-refractivity contribution in [3.8, 4) is 5.75 Å². The lowest BCUT2D eigenvalue weighted by Gasteiger charge is -2.45. The highest BCUT2D eigenvalue weighted by Gasteiger charge is 2.57. The van der Waals surface area contributed by atoms with Crippen LogP contribution in [0.5, 0.6) is 5.75 Å². The fourth-order valence-electron chi connectivity index (χ4n) is 3.43. The summed E-state index contributed by atoms with van der Waals surface area (Å²) in [5, 5.41) is 10.8. The minimum absolute atomic E-state index is 0.0190. The van der Waals surface area contributed by atoms with Crippen molar-refractivity contribution in [2.75, 3.05) is 0 Å². The normalized spacial score (nSPS) is 29.6. The highest BCUT2D eigenvalue weighted by molar-refractivity contribution is 9.12. The number of aromatic hydroxyl groups is 1. The van der Waals surface area contributed by atoms with Gasteiger partial charge >= 0.3 is 0 Å². The van der Waals surface area contributed by atoms with Gasteiger partial charge in [-0.15, -0.1) is 0 Å². The van der Waals surface area contributed by atoms with Crippen LogP contribution in [0.1, 0.15) is 17.9 Å². The number of rotatable bonds is 2. The van der Waals surface area contributed by atoms with Gasteiger partial charge in [-0.05, 0) is 46.1 Å². The molecule has 3 atom stereocenters. The first-order chi connectivity index (χ1) is 11.3. The summed E-state index contributed by atoms with van der Waals surface area (Å²) in [5.74, 6) is -1.49. The fraction of sp³-hybridized carbons (Fsp3) is 0.222. The summed E-state index contributed by atoms with van der Waals surface area (Å²) in [6.07, 6.45) is 5.25. The van der Waals surface area contributed by atoms with Gasteiger partial charge in [0.1, 0.15) is 10.1 Å². The number of phenolic OH excluding ortho intramolecular Hbond substituents is 1. The van der Waals surface area contributed by atoms with E-state index in [0.717, 1.165) is 5.57 Å². The molecule has 6 heteroatoms. The van der Waals surface area contributed by atoms with Crippen LogP contribution in [0.25, 0.3) is 0 Å². The maximum absolute atomic E-state index is 12.9. The molecule has 1 N–H and O–H groups in total. The molecule has 0 saturated heterocycles. The van der Waals surface area contributed by atoms with Crippen LogP contribution in [-0.2, 0) is 9.59 Å². The molecule has 1 aromatic rings. The molecular weight excluding hydrogens is 459 g/mol. The second kappa shape index (κ2) is 6.28. The Morgan fingerprint density at radius 2 is 2.08 bits per heavy atom. The average Bonchev–Trinajstić information content (AvgIpc) is 2.55. The van der Waals surface area contributed by atoms with Gasteiger partial charge in [0.15, 0.2) is 11.6 Å². The zero-order valence-electron chi connectivity index (χ0n) is 12.4. The Balaban J connectivity index is 2.28. The zero-order chi connectivity index (χ0) is 17.6. The number of ketones is 2. The Bertz CT molecular complexity index is 828. The maximum Gasteiger partial charge on any atom is 0.175 e. The number of benzene rings is 1. The fourth-order valence-corrected chi connectivity index (χ4v) is 5.11. The van der Waals surface area contributed by atoms with E-state index in [2.05, 4.69) is 38.4 Å². The first-order valence-electron chi connectivity index (χ1n) is 7.26. The predicted molar refractivity (Wildman–Crippen MR) is 101 cm³/mol. The molecule has 1 aromatic carbocycles. The van der Waals surface area contributed by atoms with Gasteiger partial charge in [0.2, 0.25) is 0 Å². The minimum atomic E-state index is -1.18. The number of carbonyl (C=O) groups is 2. The smallest absolute Gasteiger partial charge is 0.175 e. The van der Waals surface area contributed by atoms with Gasteiger partial charge in [-0.1, -0.05) is 46.3 Å². The van der Waals surface area contributed by atoms with E-state index in [4.69, 9.17) is 11.6 Å². The lowest BCUT2D eigenvalue weighted by molar-refractivity contribution is -0.127. The predicted octanol–water partition coefficient (Wildman–Crippen LogP) is 4.83. The standard InChI is InChI=1S/C18H13Br2ClO3/c1-2-9-3-5-12-17(24)13(19)8-15(23)18(12,20)16(9)11-7-10(21)4-6-14(11)22/h2-4,6-8,12,16,22H,1,5H2/t12-,16+,18+/m0/s1. The average molecular weight is 473 g/mol. The number of alkyl halides is 1. The molecule has 124 valence electrons. The van der Waals surface area contributed by atoms with E-state index in [9.17, 15) is 14.7 Å². The Morgan fingerprint density at radius 1 is 1.38 bits per heavy atom. The Kier molecular flexibility index (Phi) is 4.62. The quantitative estimate of drug-likeness (QED) is 0.628. The van der Waals surface area contributed by atoms with Crippen LogP contribution in [0.4, 0.5) is 0 Å². The van der Waals surface area contributed by atoms with Gasteiger partial charge in [0.25, 0.3) is 0 Å². The summed E-state index contributed by atoms with van der Waals surface area (Å²) in [7, 11) is 0. The molecule has 0 fully saturated rings. The lowest BCUT2D eigenvalue weighted by atomic mass is 9.64. The summed E-state index contributed by atoms with van der Waals surface area (Å²) in [6, 6.07) is 4.68. The number of carbonyl (C=O) groups excluding carboxylic acids is 2. The number of halogens is 3. The van der Waals surface area contributed by atoms with Gasteiger partial charge in [0, 0.05) is 22.6 Å². The maximum atomic E-state index is 12.9. The number of allylic oxidation sites excluding steroid dienone is 5. The minimum Gasteiger partial charge on any atom is -0.508 e. The third kappa shape index (κ3) is 2.54. The Morgan fingerprint density at radius 3 is 2.75 bits per heavy atom. The number of fused-ring (bicyclic) bond motifs is 1. The van der Waals surface area contributed by atoms with Crippen LogP contribution >= 0.6 is 43.5 Å². The summed E-state index contributed by atoms with van der Waals surface area (Å²) in [6.45, 7) is 3.82. The van der Waals surface area contributed by atoms with Crippen molar-refractivity contribution in [1.82, 2.24) is 0 Å². The van der Waals surface area contributed by atoms with E-state index in [1.54, 1.807) is 18.2 Å². The third-order valence-corrected chi connectivity index (χ3v) is 6.83. The van der Waals surface area contributed by atoms with Crippen molar-refractivity contribution >= 4 is 55.0 Å². The van der Waals surface area contributed by atoms with E-state index in [0.29, 0.717) is 17.0 Å². The zero-order valence-corrected chi connectivity index (χ0v) is 16.4. The number of hydrogen-bond donors (Lipinski definition) is 1. The Labute approximate surface area is 161 Å².